The Bertz CT molecular complexity index is 1450. The third-order valence-corrected chi connectivity index (χ3v) is 7.05. The maximum absolute atomic E-state index is 13.3. The lowest BCUT2D eigenvalue weighted by Gasteiger charge is -2.23. The summed E-state index contributed by atoms with van der Waals surface area (Å²) in [6.07, 6.45) is 3.40. The van der Waals surface area contributed by atoms with E-state index in [2.05, 4.69) is 4.98 Å². The number of carboxylic acid groups (broad SMARTS) is 1. The Kier molecular flexibility index (Phi) is 6.20. The van der Waals surface area contributed by atoms with E-state index in [0.717, 1.165) is 9.82 Å². The number of pyridine rings is 1. The van der Waals surface area contributed by atoms with E-state index >= 15 is 0 Å². The first kappa shape index (κ1) is 22.9. The molecule has 0 saturated heterocycles. The summed E-state index contributed by atoms with van der Waals surface area (Å²) in [6.45, 7) is -0.782. The molecule has 33 heavy (non-hydrogen) atoms. The molecule has 0 unspecified atom stereocenters. The number of ether oxygens (including phenoxy) is 1. The van der Waals surface area contributed by atoms with Crippen molar-refractivity contribution in [2.24, 2.45) is 0 Å². The maximum Gasteiger partial charge on any atom is 0.324 e. The minimum atomic E-state index is -4.27. The van der Waals surface area contributed by atoms with Gasteiger partial charge in [0.2, 0.25) is 0 Å². The molecule has 0 saturated carbocycles. The number of carboxylic acids is 1. The number of benzene rings is 2. The standard InChI is InChI=1S/C22H17Cl2N3O5S/c1-32-18-4-6-25-21(12-18)26-7-5-14-8-17(2-3-20(14)26)27(13-22(28)29)33(30,31)19-10-15(23)9-16(24)11-19/h2-12H,13H2,1H3,(H,28,29). The topological polar surface area (TPSA) is 102 Å². The smallest absolute Gasteiger partial charge is 0.324 e. The zero-order chi connectivity index (χ0) is 23.8. The molecule has 4 aromatic rings. The van der Waals surface area contributed by atoms with Gasteiger partial charge in [0.15, 0.2) is 0 Å². The highest BCUT2D eigenvalue weighted by atomic mass is 35.5. The predicted octanol–water partition coefficient (Wildman–Crippen LogP) is 4.62. The van der Waals surface area contributed by atoms with Crippen LogP contribution in [0.2, 0.25) is 10.0 Å². The van der Waals surface area contributed by atoms with Crippen LogP contribution in [0, 0.1) is 0 Å². The molecule has 0 amide bonds. The Balaban J connectivity index is 1.81. The zero-order valence-corrected chi connectivity index (χ0v) is 19.5. The van der Waals surface area contributed by atoms with E-state index in [9.17, 15) is 18.3 Å². The number of hydrogen-bond donors (Lipinski definition) is 1. The molecule has 4 rings (SSSR count). The summed E-state index contributed by atoms with van der Waals surface area (Å²) in [7, 11) is -2.71. The minimum Gasteiger partial charge on any atom is -0.497 e. The highest BCUT2D eigenvalue weighted by Crippen LogP contribution is 2.31. The summed E-state index contributed by atoms with van der Waals surface area (Å²) < 4.78 is 34.5. The van der Waals surface area contributed by atoms with E-state index in [1.807, 2.05) is 4.57 Å². The van der Waals surface area contributed by atoms with Crippen LogP contribution in [0.4, 0.5) is 5.69 Å². The number of carbonyl (C=O) groups is 1. The van der Waals surface area contributed by atoms with E-state index in [1.54, 1.807) is 49.8 Å². The van der Waals surface area contributed by atoms with Gasteiger partial charge in [0, 0.05) is 33.9 Å². The predicted molar refractivity (Wildman–Crippen MR) is 126 cm³/mol. The molecule has 0 aliphatic rings. The maximum atomic E-state index is 13.3. The van der Waals surface area contributed by atoms with E-state index in [4.69, 9.17) is 27.9 Å². The lowest BCUT2D eigenvalue weighted by atomic mass is 10.2. The number of fused-ring (bicyclic) bond motifs is 1. The molecule has 1 N–H and O–H groups in total. The van der Waals surface area contributed by atoms with Crippen LogP contribution in [-0.2, 0) is 14.8 Å². The van der Waals surface area contributed by atoms with Crippen LogP contribution in [0.1, 0.15) is 0 Å². The molecule has 0 atom stereocenters. The Hall–Kier alpha value is -3.27. The molecule has 170 valence electrons. The molecule has 0 spiro atoms. The van der Waals surface area contributed by atoms with E-state index < -0.39 is 22.5 Å². The number of methoxy groups -OCH3 is 1. The van der Waals surface area contributed by atoms with Crippen LogP contribution in [0.25, 0.3) is 16.7 Å². The average molecular weight is 506 g/mol. The first-order valence-corrected chi connectivity index (χ1v) is 11.7. The van der Waals surface area contributed by atoms with Gasteiger partial charge >= 0.3 is 5.97 Å². The zero-order valence-electron chi connectivity index (χ0n) is 17.1. The number of rotatable bonds is 7. The molecule has 0 aliphatic heterocycles. The number of sulfonamides is 1. The molecule has 11 heteroatoms. The summed E-state index contributed by atoms with van der Waals surface area (Å²) in [6, 6.07) is 13.9. The second kappa shape index (κ2) is 8.93. The fourth-order valence-corrected chi connectivity index (χ4v) is 5.52. The molecule has 0 bridgehead atoms. The van der Waals surface area contributed by atoms with Gasteiger partial charge in [-0.1, -0.05) is 23.2 Å². The molecule has 0 aliphatic carbocycles. The van der Waals surface area contributed by atoms with Gasteiger partial charge in [-0.15, -0.1) is 0 Å². The van der Waals surface area contributed by atoms with Crippen LogP contribution < -0.4 is 9.04 Å². The van der Waals surface area contributed by atoms with E-state index in [1.165, 1.54) is 24.3 Å². The number of nitrogens with zero attached hydrogens (tertiary/aromatic N) is 3. The van der Waals surface area contributed by atoms with Crippen molar-refractivity contribution in [1.29, 1.82) is 0 Å². The number of aromatic nitrogens is 2. The quantitative estimate of drug-likeness (QED) is 0.393. The van der Waals surface area contributed by atoms with Crippen LogP contribution >= 0.6 is 23.2 Å². The second-order valence-corrected chi connectivity index (χ2v) is 9.73. The second-order valence-electron chi connectivity index (χ2n) is 6.99. The van der Waals surface area contributed by atoms with Crippen molar-refractivity contribution in [3.05, 3.63) is 77.0 Å². The first-order valence-electron chi connectivity index (χ1n) is 9.51. The Morgan fingerprint density at radius 2 is 1.82 bits per heavy atom. The minimum absolute atomic E-state index is 0.120. The summed E-state index contributed by atoms with van der Waals surface area (Å²) in [5.41, 5.74) is 0.926. The van der Waals surface area contributed by atoms with Crippen LogP contribution in [0.15, 0.2) is 71.9 Å². The third-order valence-electron chi connectivity index (χ3n) is 4.86. The van der Waals surface area contributed by atoms with E-state index in [-0.39, 0.29) is 20.6 Å². The fraction of sp³-hybridized carbons (Fsp3) is 0.0909. The van der Waals surface area contributed by atoms with Crippen LogP contribution in [0.3, 0.4) is 0 Å². The van der Waals surface area contributed by atoms with Gasteiger partial charge < -0.3 is 14.4 Å². The molecule has 0 fully saturated rings. The van der Waals surface area contributed by atoms with Crippen LogP contribution in [-0.4, -0.2) is 42.7 Å². The third kappa shape index (κ3) is 4.61. The highest BCUT2D eigenvalue weighted by Gasteiger charge is 2.28. The van der Waals surface area contributed by atoms with E-state index in [0.29, 0.717) is 17.0 Å². The number of aliphatic carboxylic acids is 1. The first-order chi connectivity index (χ1) is 15.7. The lowest BCUT2D eigenvalue weighted by Crippen LogP contribution is -2.35. The van der Waals surface area contributed by atoms with Gasteiger partial charge in [-0.3, -0.25) is 9.10 Å². The van der Waals surface area contributed by atoms with Crippen molar-refractivity contribution in [3.8, 4) is 11.6 Å². The summed E-state index contributed by atoms with van der Waals surface area (Å²) in [5.74, 6) is -0.0667. The van der Waals surface area contributed by atoms with Crippen molar-refractivity contribution >= 4 is 55.8 Å². The van der Waals surface area contributed by atoms with Crippen molar-refractivity contribution in [2.45, 2.75) is 4.90 Å². The number of hydrogen-bond acceptors (Lipinski definition) is 5. The van der Waals surface area contributed by atoms with Gasteiger partial charge in [-0.2, -0.15) is 0 Å². The molecule has 2 aromatic carbocycles. The van der Waals surface area contributed by atoms with Crippen LogP contribution in [0.5, 0.6) is 5.75 Å². The van der Waals surface area contributed by atoms with Gasteiger partial charge in [0.25, 0.3) is 10.0 Å². The van der Waals surface area contributed by atoms with Gasteiger partial charge in [-0.25, -0.2) is 13.4 Å². The summed E-state index contributed by atoms with van der Waals surface area (Å²) >= 11 is 11.9. The Labute approximate surface area is 199 Å². The average Bonchev–Trinajstić information content (AvgIpc) is 3.20. The van der Waals surface area contributed by atoms with Gasteiger partial charge in [0.1, 0.15) is 18.1 Å². The van der Waals surface area contributed by atoms with Crippen molar-refractivity contribution in [2.75, 3.05) is 18.0 Å². The molecule has 2 heterocycles. The Morgan fingerprint density at radius 3 is 2.48 bits per heavy atom. The van der Waals surface area contributed by atoms with Gasteiger partial charge in [0.05, 0.1) is 23.2 Å². The molecular formula is C22H17Cl2N3O5S. The summed E-state index contributed by atoms with van der Waals surface area (Å²) in [4.78, 5) is 15.7. The largest absolute Gasteiger partial charge is 0.497 e. The summed E-state index contributed by atoms with van der Waals surface area (Å²) in [5, 5.41) is 10.3. The normalized spacial score (nSPS) is 11.5. The SMILES string of the molecule is COc1ccnc(-n2ccc3cc(N(CC(=O)O)S(=O)(=O)c4cc(Cl)cc(Cl)c4)ccc32)c1. The van der Waals surface area contributed by atoms with Crippen molar-refractivity contribution < 1.29 is 23.1 Å². The molecule has 2 aromatic heterocycles. The molecular weight excluding hydrogens is 489 g/mol. The molecule has 0 radical (unpaired) electrons. The number of halogens is 2. The fourth-order valence-electron chi connectivity index (χ4n) is 3.39. The number of anilines is 1. The lowest BCUT2D eigenvalue weighted by molar-refractivity contribution is -0.135. The Morgan fingerprint density at radius 1 is 1.09 bits per heavy atom. The van der Waals surface area contributed by atoms with Crippen molar-refractivity contribution in [3.63, 3.8) is 0 Å². The van der Waals surface area contributed by atoms with Crippen molar-refractivity contribution in [1.82, 2.24) is 9.55 Å². The monoisotopic (exact) mass is 505 g/mol. The molecule has 8 nitrogen and oxygen atoms in total. The highest BCUT2D eigenvalue weighted by molar-refractivity contribution is 7.92. The van der Waals surface area contributed by atoms with Gasteiger partial charge in [-0.05, 0) is 48.5 Å².